The molecule has 0 aromatic carbocycles. The Hall–Kier alpha value is -2.89. The Morgan fingerprint density at radius 1 is 0.313 bits per heavy atom. The van der Waals surface area contributed by atoms with Crippen molar-refractivity contribution in [1.29, 1.82) is 0 Å². The number of ether oxygens (including phenoxy) is 3. The average molecular weight is 938 g/mol. The van der Waals surface area contributed by atoms with Crippen LogP contribution >= 0.6 is 0 Å². The minimum Gasteiger partial charge on any atom is -0.462 e. The lowest BCUT2D eigenvalue weighted by Gasteiger charge is -2.18. The van der Waals surface area contributed by atoms with Gasteiger partial charge in [-0.1, -0.05) is 248 Å². The predicted molar refractivity (Wildman–Crippen MR) is 288 cm³/mol. The van der Waals surface area contributed by atoms with Crippen molar-refractivity contribution in [2.45, 2.75) is 297 Å². The molecule has 388 valence electrons. The van der Waals surface area contributed by atoms with Crippen LogP contribution in [0.5, 0.6) is 0 Å². The fourth-order valence-electron chi connectivity index (χ4n) is 8.19. The van der Waals surface area contributed by atoms with Crippen LogP contribution in [0.3, 0.4) is 0 Å². The smallest absolute Gasteiger partial charge is 0.306 e. The first-order valence-electron chi connectivity index (χ1n) is 28.8. The second-order valence-corrected chi connectivity index (χ2v) is 19.2. The van der Waals surface area contributed by atoms with Gasteiger partial charge in [0, 0.05) is 19.3 Å². The first-order chi connectivity index (χ1) is 33.0. The number of hydrogen-bond acceptors (Lipinski definition) is 6. The van der Waals surface area contributed by atoms with Crippen molar-refractivity contribution in [3.05, 3.63) is 60.8 Å². The molecule has 0 heterocycles. The van der Waals surface area contributed by atoms with Crippen molar-refractivity contribution in [1.82, 2.24) is 0 Å². The SMILES string of the molecule is CC/C=C\C/C=C\C/C=C\C/C=C\CCCCC(=O)OC[C@H](COC(=O)CCCCCCCCC/C=C\CCCCCC)OC(=O)CCCCCCCCCCCCCCCCCCCCC. The Morgan fingerprint density at radius 2 is 0.582 bits per heavy atom. The molecule has 0 bridgehead atoms. The van der Waals surface area contributed by atoms with E-state index in [4.69, 9.17) is 14.2 Å². The van der Waals surface area contributed by atoms with E-state index >= 15 is 0 Å². The van der Waals surface area contributed by atoms with E-state index in [1.165, 1.54) is 167 Å². The van der Waals surface area contributed by atoms with Gasteiger partial charge in [-0.25, -0.2) is 0 Å². The van der Waals surface area contributed by atoms with Crippen LogP contribution in [0.25, 0.3) is 0 Å². The minimum absolute atomic E-state index is 0.0872. The molecule has 6 heteroatoms. The molecule has 0 aliphatic carbocycles. The van der Waals surface area contributed by atoms with Gasteiger partial charge in [0.2, 0.25) is 0 Å². The zero-order valence-electron chi connectivity index (χ0n) is 44.4. The summed E-state index contributed by atoms with van der Waals surface area (Å²) in [6.45, 7) is 6.51. The van der Waals surface area contributed by atoms with E-state index in [-0.39, 0.29) is 31.1 Å². The molecule has 0 saturated heterocycles. The number of esters is 3. The Labute approximate surface area is 415 Å². The van der Waals surface area contributed by atoms with Gasteiger partial charge in [-0.15, -0.1) is 0 Å². The molecular weight excluding hydrogens is 829 g/mol. The molecule has 0 saturated carbocycles. The summed E-state index contributed by atoms with van der Waals surface area (Å²) in [5.41, 5.74) is 0. The molecule has 0 radical (unpaired) electrons. The molecular formula is C61H108O6. The van der Waals surface area contributed by atoms with Crippen LogP contribution in [-0.4, -0.2) is 37.2 Å². The highest BCUT2D eigenvalue weighted by Gasteiger charge is 2.19. The summed E-state index contributed by atoms with van der Waals surface area (Å²) in [6, 6.07) is 0. The molecule has 0 spiro atoms. The van der Waals surface area contributed by atoms with Gasteiger partial charge >= 0.3 is 17.9 Å². The van der Waals surface area contributed by atoms with Gasteiger partial charge in [0.15, 0.2) is 6.10 Å². The van der Waals surface area contributed by atoms with E-state index in [0.717, 1.165) is 83.5 Å². The van der Waals surface area contributed by atoms with Gasteiger partial charge in [0.05, 0.1) is 0 Å². The molecule has 67 heavy (non-hydrogen) atoms. The molecule has 0 unspecified atom stereocenters. The van der Waals surface area contributed by atoms with Crippen molar-refractivity contribution < 1.29 is 28.6 Å². The van der Waals surface area contributed by atoms with Gasteiger partial charge in [-0.3, -0.25) is 14.4 Å². The molecule has 0 N–H and O–H groups in total. The van der Waals surface area contributed by atoms with Crippen LogP contribution in [0, 0.1) is 0 Å². The van der Waals surface area contributed by atoms with Crippen LogP contribution in [0.15, 0.2) is 60.8 Å². The summed E-state index contributed by atoms with van der Waals surface area (Å²) in [7, 11) is 0. The van der Waals surface area contributed by atoms with Crippen LogP contribution in [0.4, 0.5) is 0 Å². The largest absolute Gasteiger partial charge is 0.462 e. The van der Waals surface area contributed by atoms with Gasteiger partial charge in [0.25, 0.3) is 0 Å². The lowest BCUT2D eigenvalue weighted by molar-refractivity contribution is -0.167. The summed E-state index contributed by atoms with van der Waals surface area (Å²) < 4.78 is 16.8. The van der Waals surface area contributed by atoms with E-state index in [2.05, 4.69) is 81.5 Å². The predicted octanol–water partition coefficient (Wildman–Crippen LogP) is 19.2. The highest BCUT2D eigenvalue weighted by molar-refractivity contribution is 5.71. The van der Waals surface area contributed by atoms with Gasteiger partial charge < -0.3 is 14.2 Å². The summed E-state index contributed by atoms with van der Waals surface area (Å²) in [5.74, 6) is -0.922. The maximum Gasteiger partial charge on any atom is 0.306 e. The maximum absolute atomic E-state index is 12.9. The molecule has 0 aromatic rings. The van der Waals surface area contributed by atoms with Crippen molar-refractivity contribution >= 4 is 17.9 Å². The third kappa shape index (κ3) is 53.9. The standard InChI is InChI=1S/C61H108O6/c1-4-7-10-13-16-19-22-25-28-29-30-31-34-37-40-43-46-49-52-55-61(64)67-58(56-65-59(62)53-50-47-44-41-38-35-32-26-23-20-17-14-11-8-5-2)57-66-60(63)54-51-48-45-42-39-36-33-27-24-21-18-15-12-9-6-3/h8,11,17,20-21,24,26,32,38,41,58H,4-7,9-10,12-16,18-19,22-23,25,27-31,33-37,39-40,42-57H2,1-3H3/b11-8-,20-17-,24-21-,32-26-,41-38-/t58-/m1/s1. The number of rotatable bonds is 52. The highest BCUT2D eigenvalue weighted by Crippen LogP contribution is 2.16. The van der Waals surface area contributed by atoms with Crippen molar-refractivity contribution in [2.24, 2.45) is 0 Å². The fraction of sp³-hybridized carbons (Fsp3) is 0.787. The Morgan fingerprint density at radius 3 is 0.970 bits per heavy atom. The van der Waals surface area contributed by atoms with Gasteiger partial charge in [-0.05, 0) is 83.5 Å². The first kappa shape index (κ1) is 64.1. The first-order valence-corrected chi connectivity index (χ1v) is 28.8. The number of unbranched alkanes of at least 4 members (excludes halogenated alkanes) is 31. The molecule has 0 rings (SSSR count). The molecule has 1 atom stereocenters. The van der Waals surface area contributed by atoms with Gasteiger partial charge in [0.1, 0.15) is 13.2 Å². The Bertz CT molecular complexity index is 1210. The van der Waals surface area contributed by atoms with E-state index in [1.807, 2.05) is 0 Å². The Balaban J connectivity index is 4.40. The average Bonchev–Trinajstić information content (AvgIpc) is 3.33. The van der Waals surface area contributed by atoms with E-state index in [9.17, 15) is 14.4 Å². The van der Waals surface area contributed by atoms with E-state index in [0.29, 0.717) is 19.3 Å². The van der Waals surface area contributed by atoms with Crippen LogP contribution in [-0.2, 0) is 28.6 Å². The number of allylic oxidation sites excluding steroid dienone is 10. The molecule has 6 nitrogen and oxygen atoms in total. The van der Waals surface area contributed by atoms with Crippen molar-refractivity contribution in [3.63, 3.8) is 0 Å². The lowest BCUT2D eigenvalue weighted by atomic mass is 10.0. The summed E-state index contributed by atoms with van der Waals surface area (Å²) in [5, 5.41) is 0. The quantitative estimate of drug-likeness (QED) is 0.0262. The molecule has 0 aromatic heterocycles. The number of carbonyl (C=O) groups is 3. The summed E-state index contributed by atoms with van der Waals surface area (Å²) >= 11 is 0. The summed E-state index contributed by atoms with van der Waals surface area (Å²) in [4.78, 5) is 38.1. The van der Waals surface area contributed by atoms with Crippen molar-refractivity contribution in [3.8, 4) is 0 Å². The molecule has 0 fully saturated rings. The number of hydrogen-bond donors (Lipinski definition) is 0. The van der Waals surface area contributed by atoms with Crippen LogP contribution < -0.4 is 0 Å². The highest BCUT2D eigenvalue weighted by atomic mass is 16.6. The Kier molecular flexibility index (Phi) is 53.3. The van der Waals surface area contributed by atoms with Crippen LogP contribution in [0.1, 0.15) is 290 Å². The van der Waals surface area contributed by atoms with Gasteiger partial charge in [-0.2, -0.15) is 0 Å². The maximum atomic E-state index is 12.9. The van der Waals surface area contributed by atoms with Crippen LogP contribution in [0.2, 0.25) is 0 Å². The monoisotopic (exact) mass is 937 g/mol. The third-order valence-corrected chi connectivity index (χ3v) is 12.5. The normalized spacial score (nSPS) is 12.5. The lowest BCUT2D eigenvalue weighted by Crippen LogP contribution is -2.30. The third-order valence-electron chi connectivity index (χ3n) is 12.5. The number of carbonyl (C=O) groups excluding carboxylic acids is 3. The molecule has 0 aliphatic heterocycles. The zero-order chi connectivity index (χ0) is 48.6. The fourth-order valence-corrected chi connectivity index (χ4v) is 8.19. The second-order valence-electron chi connectivity index (χ2n) is 19.2. The van der Waals surface area contributed by atoms with E-state index in [1.54, 1.807) is 0 Å². The zero-order valence-corrected chi connectivity index (χ0v) is 44.4. The minimum atomic E-state index is -0.791. The summed E-state index contributed by atoms with van der Waals surface area (Å²) in [6.07, 6.45) is 69.3. The van der Waals surface area contributed by atoms with E-state index < -0.39 is 6.10 Å². The topological polar surface area (TPSA) is 78.9 Å². The molecule has 0 aliphatic rings. The second kappa shape index (κ2) is 55.7. The molecule has 0 amide bonds. The van der Waals surface area contributed by atoms with Crippen molar-refractivity contribution in [2.75, 3.05) is 13.2 Å².